The molecule has 184 valence electrons. The van der Waals surface area contributed by atoms with Crippen LogP contribution in [0.5, 0.6) is 5.75 Å². The first-order valence-electron chi connectivity index (χ1n) is 10.9. The van der Waals surface area contributed by atoms with Crippen LogP contribution in [0.3, 0.4) is 0 Å². The van der Waals surface area contributed by atoms with E-state index in [0.717, 1.165) is 29.4 Å². The van der Waals surface area contributed by atoms with Crippen LogP contribution in [0.1, 0.15) is 30.0 Å². The second kappa shape index (κ2) is 10.2. The van der Waals surface area contributed by atoms with E-state index >= 15 is 0 Å². The van der Waals surface area contributed by atoms with Gasteiger partial charge in [0, 0.05) is 23.2 Å². The molecular formula is C25H24NO7S2-. The first-order valence-corrected chi connectivity index (χ1v) is 13.8. The number of carboxylic acids is 1. The van der Waals surface area contributed by atoms with Crippen molar-refractivity contribution < 1.29 is 31.8 Å². The molecule has 1 N–H and O–H groups in total. The lowest BCUT2D eigenvalue weighted by Gasteiger charge is -2.38. The minimum Gasteiger partial charge on any atom is -0.755 e. The number of aliphatic carboxylic acids is 1. The van der Waals surface area contributed by atoms with Gasteiger partial charge in [0.25, 0.3) is 0 Å². The Hall–Kier alpha value is -3.21. The summed E-state index contributed by atoms with van der Waals surface area (Å²) in [6.45, 7) is -0.472. The molecule has 0 heterocycles. The predicted molar refractivity (Wildman–Crippen MR) is 132 cm³/mol. The highest BCUT2D eigenvalue weighted by Crippen LogP contribution is 2.41. The second-order valence-electron chi connectivity index (χ2n) is 8.30. The van der Waals surface area contributed by atoms with E-state index in [9.17, 15) is 22.0 Å². The highest BCUT2D eigenvalue weighted by molar-refractivity contribution is 7.90. The SMILES string of the molecule is CS(=O)(=O)c1cccc(-c2ccc(N(C3CCCc4c(OCC(=O)O)cccc43)S(=O)[O-])cc2)c1. The second-order valence-corrected chi connectivity index (χ2v) is 11.1. The Bertz CT molecular complexity index is 1370. The first kappa shape index (κ1) is 24.9. The molecule has 0 aromatic heterocycles. The maximum atomic E-state index is 12.4. The number of nitrogens with zero attached hydrogens (tertiary/aromatic N) is 1. The van der Waals surface area contributed by atoms with Crippen molar-refractivity contribution in [2.24, 2.45) is 0 Å². The van der Waals surface area contributed by atoms with Gasteiger partial charge in [-0.3, -0.25) is 8.51 Å². The Balaban J connectivity index is 1.67. The fourth-order valence-electron chi connectivity index (χ4n) is 4.39. The maximum Gasteiger partial charge on any atom is 0.341 e. The molecule has 0 spiro atoms. The predicted octanol–water partition coefficient (Wildman–Crippen LogP) is 3.90. The number of ether oxygens (including phenoxy) is 1. The normalized spacial score (nSPS) is 16.2. The first-order chi connectivity index (χ1) is 16.6. The number of carboxylic acid groups (broad SMARTS) is 1. The van der Waals surface area contributed by atoms with Gasteiger partial charge in [0.2, 0.25) is 0 Å². The number of anilines is 1. The highest BCUT2D eigenvalue weighted by Gasteiger charge is 2.29. The molecule has 1 aliphatic carbocycles. The van der Waals surface area contributed by atoms with Gasteiger partial charge in [-0.25, -0.2) is 13.2 Å². The summed E-state index contributed by atoms with van der Waals surface area (Å²) in [6, 6.07) is 18.3. The van der Waals surface area contributed by atoms with E-state index in [-0.39, 0.29) is 4.90 Å². The summed E-state index contributed by atoms with van der Waals surface area (Å²) in [5.74, 6) is -0.633. The standard InChI is InChI=1S/C25H25NO7S2/c1-35(31,32)20-6-2-5-18(15-20)17-11-13-19(14-12-17)26(34(29)30)23-9-3-8-22-21(23)7-4-10-24(22)33-16-25(27)28/h2,4-7,10-15,23H,3,8-9,16H2,1H3,(H,27,28)(H,29,30)/p-1. The van der Waals surface area contributed by atoms with E-state index < -0.39 is 39.7 Å². The summed E-state index contributed by atoms with van der Waals surface area (Å²) in [5, 5.41) is 8.96. The lowest BCUT2D eigenvalue weighted by molar-refractivity contribution is -0.139. The van der Waals surface area contributed by atoms with Gasteiger partial charge >= 0.3 is 5.97 Å². The Morgan fingerprint density at radius 1 is 1.11 bits per heavy atom. The Morgan fingerprint density at radius 3 is 2.49 bits per heavy atom. The Labute approximate surface area is 206 Å². The van der Waals surface area contributed by atoms with E-state index in [1.165, 1.54) is 10.4 Å². The van der Waals surface area contributed by atoms with Crippen LogP contribution in [0.4, 0.5) is 5.69 Å². The van der Waals surface area contributed by atoms with Gasteiger partial charge in [-0.05, 0) is 71.8 Å². The van der Waals surface area contributed by atoms with Crippen molar-refractivity contribution in [3.63, 3.8) is 0 Å². The van der Waals surface area contributed by atoms with Gasteiger partial charge in [-0.15, -0.1) is 0 Å². The number of benzene rings is 3. The zero-order chi connectivity index (χ0) is 25.2. The van der Waals surface area contributed by atoms with Gasteiger partial charge in [0.1, 0.15) is 5.75 Å². The smallest absolute Gasteiger partial charge is 0.341 e. The van der Waals surface area contributed by atoms with Gasteiger partial charge in [0.05, 0.1) is 10.9 Å². The van der Waals surface area contributed by atoms with Crippen molar-refractivity contribution in [1.29, 1.82) is 0 Å². The van der Waals surface area contributed by atoms with Crippen molar-refractivity contribution in [2.75, 3.05) is 17.2 Å². The number of sulfone groups is 1. The van der Waals surface area contributed by atoms with Crippen molar-refractivity contribution in [3.05, 3.63) is 77.9 Å². The number of hydrogen-bond acceptors (Lipinski definition) is 6. The molecule has 2 unspecified atom stereocenters. The van der Waals surface area contributed by atoms with Crippen molar-refractivity contribution >= 4 is 32.8 Å². The molecule has 0 amide bonds. The van der Waals surface area contributed by atoms with Crippen LogP contribution < -0.4 is 9.04 Å². The molecule has 0 saturated heterocycles. The van der Waals surface area contributed by atoms with Gasteiger partial charge in [-0.2, -0.15) is 0 Å². The molecule has 2 atom stereocenters. The van der Waals surface area contributed by atoms with Gasteiger partial charge in [0.15, 0.2) is 16.4 Å². The van der Waals surface area contributed by atoms with Crippen LogP contribution in [0.15, 0.2) is 71.6 Å². The van der Waals surface area contributed by atoms with E-state index in [4.69, 9.17) is 9.84 Å². The maximum absolute atomic E-state index is 12.4. The van der Waals surface area contributed by atoms with Crippen LogP contribution in [-0.2, 0) is 32.3 Å². The average Bonchev–Trinajstić information content (AvgIpc) is 2.83. The number of fused-ring (bicyclic) bond motifs is 1. The van der Waals surface area contributed by atoms with Crippen molar-refractivity contribution in [2.45, 2.75) is 30.2 Å². The molecule has 4 rings (SSSR count). The number of rotatable bonds is 8. The van der Waals surface area contributed by atoms with Crippen LogP contribution in [0.25, 0.3) is 11.1 Å². The minimum absolute atomic E-state index is 0.209. The Morgan fingerprint density at radius 2 is 1.83 bits per heavy atom. The molecular weight excluding hydrogens is 490 g/mol. The van der Waals surface area contributed by atoms with E-state index in [0.29, 0.717) is 29.8 Å². The summed E-state index contributed by atoms with van der Waals surface area (Å²) in [4.78, 5) is 11.1. The molecule has 0 bridgehead atoms. The zero-order valence-corrected chi connectivity index (χ0v) is 20.6. The lowest BCUT2D eigenvalue weighted by Crippen LogP contribution is -2.33. The molecule has 35 heavy (non-hydrogen) atoms. The third-order valence-corrected chi connectivity index (χ3v) is 7.84. The molecule has 0 radical (unpaired) electrons. The minimum atomic E-state index is -3.35. The molecule has 10 heteroatoms. The fraction of sp³-hybridized carbons (Fsp3) is 0.240. The molecule has 3 aromatic carbocycles. The molecule has 0 saturated carbocycles. The highest BCUT2D eigenvalue weighted by atomic mass is 32.2. The number of hydrogen-bond donors (Lipinski definition) is 1. The monoisotopic (exact) mass is 514 g/mol. The molecule has 8 nitrogen and oxygen atoms in total. The van der Waals surface area contributed by atoms with Crippen LogP contribution in [0.2, 0.25) is 0 Å². The molecule has 0 fully saturated rings. The van der Waals surface area contributed by atoms with Gasteiger partial charge < -0.3 is 14.4 Å². The van der Waals surface area contributed by atoms with Crippen molar-refractivity contribution in [1.82, 2.24) is 0 Å². The summed E-state index contributed by atoms with van der Waals surface area (Å²) in [6.07, 6.45) is 3.13. The summed E-state index contributed by atoms with van der Waals surface area (Å²) in [7, 11) is -3.35. The number of carbonyl (C=O) groups is 1. The van der Waals surface area contributed by atoms with E-state index in [2.05, 4.69) is 0 Å². The molecule has 0 aliphatic heterocycles. The van der Waals surface area contributed by atoms with Crippen LogP contribution in [0, 0.1) is 0 Å². The summed E-state index contributed by atoms with van der Waals surface area (Å²) < 4.78 is 55.3. The van der Waals surface area contributed by atoms with Crippen molar-refractivity contribution in [3.8, 4) is 16.9 Å². The zero-order valence-electron chi connectivity index (χ0n) is 18.9. The average molecular weight is 515 g/mol. The Kier molecular flexibility index (Phi) is 7.25. The molecule has 3 aromatic rings. The largest absolute Gasteiger partial charge is 0.755 e. The lowest BCUT2D eigenvalue weighted by atomic mass is 9.87. The van der Waals surface area contributed by atoms with Gasteiger partial charge in [-0.1, -0.05) is 36.4 Å². The third kappa shape index (κ3) is 5.55. The third-order valence-electron chi connectivity index (χ3n) is 5.94. The van der Waals surface area contributed by atoms with Crippen LogP contribution in [-0.4, -0.2) is 41.1 Å². The van der Waals surface area contributed by atoms with E-state index in [1.54, 1.807) is 54.6 Å². The fourth-order valence-corrected chi connectivity index (χ4v) is 5.77. The summed E-state index contributed by atoms with van der Waals surface area (Å²) in [5.41, 5.74) is 3.53. The molecule has 1 aliphatic rings. The van der Waals surface area contributed by atoms with E-state index in [1.807, 2.05) is 6.07 Å². The quantitative estimate of drug-likeness (QED) is 0.452. The summed E-state index contributed by atoms with van der Waals surface area (Å²) >= 11 is -2.57. The van der Waals surface area contributed by atoms with Crippen LogP contribution >= 0.6 is 0 Å². The topological polar surface area (TPSA) is 124 Å².